The second-order valence-electron chi connectivity index (χ2n) is 5.99. The van der Waals surface area contributed by atoms with E-state index in [1.165, 1.54) is 0 Å². The van der Waals surface area contributed by atoms with Crippen LogP contribution in [-0.2, 0) is 10.2 Å². The van der Waals surface area contributed by atoms with Gasteiger partial charge in [-0.15, -0.1) is 6.42 Å². The number of halogens is 1. The van der Waals surface area contributed by atoms with E-state index < -0.39 is 0 Å². The topological polar surface area (TPSA) is 54.9 Å². The SMILES string of the molecule is C#CCNC(=NCC1(c2cc(Cl)ccc2OC)CCOCC1)NCC. The molecule has 0 aliphatic carbocycles. The Kier molecular flexibility index (Phi) is 7.42. The Morgan fingerprint density at radius 2 is 2.16 bits per heavy atom. The maximum atomic E-state index is 6.27. The van der Waals surface area contributed by atoms with Crippen molar-refractivity contribution in [1.29, 1.82) is 0 Å². The summed E-state index contributed by atoms with van der Waals surface area (Å²) >= 11 is 6.27. The standard InChI is InChI=1S/C19H26ClN3O2/c1-4-10-22-18(21-5-2)23-14-19(8-11-25-12-9-19)16-13-15(20)6-7-17(16)24-3/h1,6-7,13H,5,8-12,14H2,2-3H3,(H2,21,22,23). The minimum Gasteiger partial charge on any atom is -0.496 e. The first-order chi connectivity index (χ1) is 12.1. The molecule has 6 heteroatoms. The van der Waals surface area contributed by atoms with Gasteiger partial charge in [-0.1, -0.05) is 17.5 Å². The zero-order valence-corrected chi connectivity index (χ0v) is 15.7. The Balaban J connectivity index is 2.35. The molecule has 1 fully saturated rings. The molecule has 1 aromatic carbocycles. The first-order valence-corrected chi connectivity index (χ1v) is 8.90. The monoisotopic (exact) mass is 363 g/mol. The van der Waals surface area contributed by atoms with Crippen LogP contribution in [0.15, 0.2) is 23.2 Å². The quantitative estimate of drug-likeness (QED) is 0.463. The molecule has 0 unspecified atom stereocenters. The van der Waals surface area contributed by atoms with Crippen molar-refractivity contribution in [2.24, 2.45) is 4.99 Å². The molecule has 0 radical (unpaired) electrons. The molecule has 2 rings (SSSR count). The summed E-state index contributed by atoms with van der Waals surface area (Å²) in [6, 6.07) is 5.75. The Labute approximate surface area is 155 Å². The molecule has 0 spiro atoms. The number of guanidine groups is 1. The first kappa shape index (κ1) is 19.4. The van der Waals surface area contributed by atoms with Gasteiger partial charge in [0.2, 0.25) is 0 Å². The number of rotatable bonds is 6. The van der Waals surface area contributed by atoms with E-state index in [2.05, 4.69) is 16.6 Å². The zero-order valence-electron chi connectivity index (χ0n) is 14.9. The van der Waals surface area contributed by atoms with Crippen molar-refractivity contribution in [1.82, 2.24) is 10.6 Å². The summed E-state index contributed by atoms with van der Waals surface area (Å²) in [5, 5.41) is 7.05. The number of nitrogens with one attached hydrogen (secondary N) is 2. The molecule has 0 amide bonds. The van der Waals surface area contributed by atoms with Crippen LogP contribution in [0.5, 0.6) is 5.75 Å². The van der Waals surface area contributed by atoms with Crippen LogP contribution in [0.2, 0.25) is 5.02 Å². The minimum absolute atomic E-state index is 0.174. The van der Waals surface area contributed by atoms with Gasteiger partial charge in [-0.2, -0.15) is 0 Å². The maximum Gasteiger partial charge on any atom is 0.192 e. The van der Waals surface area contributed by atoms with Gasteiger partial charge in [0.05, 0.1) is 20.2 Å². The molecule has 1 aromatic rings. The highest BCUT2D eigenvalue weighted by atomic mass is 35.5. The van der Waals surface area contributed by atoms with Crippen molar-refractivity contribution in [2.45, 2.75) is 25.2 Å². The largest absolute Gasteiger partial charge is 0.496 e. The molecule has 1 heterocycles. The number of ether oxygens (including phenoxy) is 2. The second-order valence-corrected chi connectivity index (χ2v) is 6.43. The summed E-state index contributed by atoms with van der Waals surface area (Å²) in [6.07, 6.45) is 7.07. The van der Waals surface area contributed by atoms with E-state index in [1.807, 2.05) is 25.1 Å². The maximum absolute atomic E-state index is 6.27. The molecule has 1 saturated heterocycles. The van der Waals surface area contributed by atoms with Gasteiger partial charge in [0.15, 0.2) is 5.96 Å². The van der Waals surface area contributed by atoms with Gasteiger partial charge in [-0.05, 0) is 38.0 Å². The number of benzene rings is 1. The number of aliphatic imine (C=N–C) groups is 1. The second kappa shape index (κ2) is 9.55. The van der Waals surface area contributed by atoms with E-state index in [9.17, 15) is 0 Å². The molecule has 25 heavy (non-hydrogen) atoms. The summed E-state index contributed by atoms with van der Waals surface area (Å²) in [4.78, 5) is 4.77. The van der Waals surface area contributed by atoms with Crippen molar-refractivity contribution in [3.8, 4) is 18.1 Å². The number of methoxy groups -OCH3 is 1. The molecule has 1 aliphatic rings. The van der Waals surface area contributed by atoms with Gasteiger partial charge in [0.1, 0.15) is 5.75 Å². The van der Waals surface area contributed by atoms with E-state index in [1.54, 1.807) is 7.11 Å². The highest BCUT2D eigenvalue weighted by Crippen LogP contribution is 2.41. The lowest BCUT2D eigenvalue weighted by molar-refractivity contribution is 0.0523. The molecule has 136 valence electrons. The normalized spacial score (nSPS) is 16.8. The Bertz CT molecular complexity index is 634. The van der Waals surface area contributed by atoms with Crippen LogP contribution < -0.4 is 15.4 Å². The van der Waals surface area contributed by atoms with Crippen LogP contribution in [0.25, 0.3) is 0 Å². The lowest BCUT2D eigenvalue weighted by atomic mass is 9.73. The third-order valence-electron chi connectivity index (χ3n) is 4.42. The highest BCUT2D eigenvalue weighted by Gasteiger charge is 2.37. The Morgan fingerprint density at radius 3 is 2.80 bits per heavy atom. The van der Waals surface area contributed by atoms with Crippen LogP contribution in [0.3, 0.4) is 0 Å². The molecule has 0 saturated carbocycles. The summed E-state index contributed by atoms with van der Waals surface area (Å²) in [5.41, 5.74) is 0.912. The van der Waals surface area contributed by atoms with Gasteiger partial charge < -0.3 is 20.1 Å². The van der Waals surface area contributed by atoms with Crippen molar-refractivity contribution < 1.29 is 9.47 Å². The van der Waals surface area contributed by atoms with E-state index in [0.717, 1.165) is 30.7 Å². The molecular weight excluding hydrogens is 338 g/mol. The molecule has 5 nitrogen and oxygen atoms in total. The molecule has 1 aliphatic heterocycles. The van der Waals surface area contributed by atoms with E-state index in [0.29, 0.717) is 37.3 Å². The summed E-state index contributed by atoms with van der Waals surface area (Å²) < 4.78 is 11.2. The predicted molar refractivity (Wildman–Crippen MR) is 103 cm³/mol. The third-order valence-corrected chi connectivity index (χ3v) is 4.66. The summed E-state index contributed by atoms with van der Waals surface area (Å²) in [6.45, 7) is 5.22. The van der Waals surface area contributed by atoms with Gasteiger partial charge >= 0.3 is 0 Å². The fourth-order valence-electron chi connectivity index (χ4n) is 3.08. The third kappa shape index (κ3) is 5.04. The molecule has 0 bridgehead atoms. The Morgan fingerprint density at radius 1 is 1.40 bits per heavy atom. The first-order valence-electron chi connectivity index (χ1n) is 8.52. The fraction of sp³-hybridized carbons (Fsp3) is 0.526. The molecule has 0 atom stereocenters. The smallest absolute Gasteiger partial charge is 0.192 e. The molecule has 2 N–H and O–H groups in total. The zero-order chi connectivity index (χ0) is 18.1. The predicted octanol–water partition coefficient (Wildman–Crippen LogP) is 2.59. The fourth-order valence-corrected chi connectivity index (χ4v) is 3.25. The average Bonchev–Trinajstić information content (AvgIpc) is 2.64. The average molecular weight is 364 g/mol. The van der Waals surface area contributed by atoms with Gasteiger partial charge in [-0.3, -0.25) is 4.99 Å². The van der Waals surface area contributed by atoms with E-state index >= 15 is 0 Å². The lowest BCUT2D eigenvalue weighted by Gasteiger charge is -2.37. The van der Waals surface area contributed by atoms with Crippen molar-refractivity contribution in [2.75, 3.05) is 40.0 Å². The minimum atomic E-state index is -0.174. The van der Waals surface area contributed by atoms with Crippen LogP contribution in [-0.4, -0.2) is 45.9 Å². The van der Waals surface area contributed by atoms with Gasteiger partial charge in [-0.25, -0.2) is 0 Å². The van der Waals surface area contributed by atoms with Crippen LogP contribution in [0.4, 0.5) is 0 Å². The lowest BCUT2D eigenvalue weighted by Crippen LogP contribution is -2.41. The highest BCUT2D eigenvalue weighted by molar-refractivity contribution is 6.30. The number of nitrogens with zero attached hydrogens (tertiary/aromatic N) is 1. The van der Waals surface area contributed by atoms with Crippen molar-refractivity contribution >= 4 is 17.6 Å². The number of hydrogen-bond donors (Lipinski definition) is 2. The van der Waals surface area contributed by atoms with Crippen LogP contribution >= 0.6 is 11.6 Å². The van der Waals surface area contributed by atoms with Crippen molar-refractivity contribution in [3.05, 3.63) is 28.8 Å². The van der Waals surface area contributed by atoms with Crippen LogP contribution in [0, 0.1) is 12.3 Å². The summed E-state index contributed by atoms with van der Waals surface area (Å²) in [5.74, 6) is 4.12. The molecular formula is C19H26ClN3O2. The van der Waals surface area contributed by atoms with Gasteiger partial charge in [0.25, 0.3) is 0 Å². The molecule has 0 aromatic heterocycles. The Hall–Kier alpha value is -1.90. The van der Waals surface area contributed by atoms with Crippen molar-refractivity contribution in [3.63, 3.8) is 0 Å². The van der Waals surface area contributed by atoms with Gasteiger partial charge in [0, 0.05) is 35.8 Å². The summed E-state index contributed by atoms with van der Waals surface area (Å²) in [7, 11) is 1.68. The van der Waals surface area contributed by atoms with E-state index in [-0.39, 0.29) is 5.41 Å². The van der Waals surface area contributed by atoms with E-state index in [4.69, 9.17) is 32.5 Å². The number of terminal acetylenes is 1. The number of hydrogen-bond acceptors (Lipinski definition) is 3. The van der Waals surface area contributed by atoms with Crippen LogP contribution in [0.1, 0.15) is 25.3 Å².